The zero-order valence-corrected chi connectivity index (χ0v) is 11.3. The molecule has 6 heteroatoms. The van der Waals surface area contributed by atoms with Crippen LogP contribution in [-0.4, -0.2) is 40.2 Å². The highest BCUT2D eigenvalue weighted by Gasteiger charge is 2.32. The second-order valence-electron chi connectivity index (χ2n) is 4.75. The quantitative estimate of drug-likeness (QED) is 0.807. The summed E-state index contributed by atoms with van der Waals surface area (Å²) in [5, 5.41) is 8.97. The molecule has 6 nitrogen and oxygen atoms in total. The molecule has 0 saturated heterocycles. The molecule has 1 saturated carbocycles. The van der Waals surface area contributed by atoms with Gasteiger partial charge in [-0.1, -0.05) is 6.92 Å². The van der Waals surface area contributed by atoms with Crippen LogP contribution in [0.1, 0.15) is 31.9 Å². The lowest BCUT2D eigenvalue weighted by molar-refractivity contribution is -0.135. The highest BCUT2D eigenvalue weighted by molar-refractivity contribution is 5.73. The Morgan fingerprint density at radius 2 is 2.26 bits per heavy atom. The van der Waals surface area contributed by atoms with Gasteiger partial charge in [0.1, 0.15) is 6.54 Å². The van der Waals surface area contributed by atoms with Crippen LogP contribution in [0.5, 0.6) is 5.88 Å². The minimum atomic E-state index is -0.868. The second kappa shape index (κ2) is 5.86. The van der Waals surface area contributed by atoms with Gasteiger partial charge >= 0.3 is 5.97 Å². The summed E-state index contributed by atoms with van der Waals surface area (Å²) in [4.78, 5) is 21.3. The van der Waals surface area contributed by atoms with Gasteiger partial charge in [0.25, 0.3) is 0 Å². The number of aryl methyl sites for hydroxylation is 1. The molecule has 2 rings (SSSR count). The maximum Gasteiger partial charge on any atom is 0.323 e. The smallest absolute Gasteiger partial charge is 0.323 e. The number of ether oxygens (including phenoxy) is 1. The van der Waals surface area contributed by atoms with E-state index in [4.69, 9.17) is 9.84 Å². The van der Waals surface area contributed by atoms with E-state index in [-0.39, 0.29) is 12.6 Å². The standard InChI is InChI=1S/C13H19N3O3/c1-3-6-19-11-7-9(2)14-13(15-11)16(8-12(17)18)10-4-5-10/h7,10H,3-6,8H2,1-2H3,(H,17,18). The van der Waals surface area contributed by atoms with Gasteiger partial charge in [0.15, 0.2) is 0 Å². The highest BCUT2D eigenvalue weighted by Crippen LogP contribution is 2.30. The van der Waals surface area contributed by atoms with E-state index >= 15 is 0 Å². The van der Waals surface area contributed by atoms with Crippen molar-refractivity contribution in [1.82, 2.24) is 9.97 Å². The molecule has 1 aromatic heterocycles. The van der Waals surface area contributed by atoms with Crippen LogP contribution in [0.15, 0.2) is 6.07 Å². The number of carboxylic acids is 1. The SMILES string of the molecule is CCCOc1cc(C)nc(N(CC(=O)O)C2CC2)n1. The molecule has 1 aliphatic rings. The summed E-state index contributed by atoms with van der Waals surface area (Å²) in [5.41, 5.74) is 0.784. The van der Waals surface area contributed by atoms with E-state index in [2.05, 4.69) is 9.97 Å². The van der Waals surface area contributed by atoms with Crippen molar-refractivity contribution in [2.45, 2.75) is 39.2 Å². The van der Waals surface area contributed by atoms with Gasteiger partial charge < -0.3 is 14.7 Å². The van der Waals surface area contributed by atoms with Crippen LogP contribution in [0.2, 0.25) is 0 Å². The maximum atomic E-state index is 10.9. The Hall–Kier alpha value is -1.85. The second-order valence-corrected chi connectivity index (χ2v) is 4.75. The zero-order chi connectivity index (χ0) is 13.8. The van der Waals surface area contributed by atoms with Crippen LogP contribution < -0.4 is 9.64 Å². The van der Waals surface area contributed by atoms with Crippen molar-refractivity contribution in [3.8, 4) is 5.88 Å². The summed E-state index contributed by atoms with van der Waals surface area (Å²) in [6.07, 6.45) is 2.89. The lowest BCUT2D eigenvalue weighted by Crippen LogP contribution is -2.33. The molecule has 0 amide bonds. The van der Waals surface area contributed by atoms with E-state index in [1.807, 2.05) is 13.8 Å². The third-order valence-corrected chi connectivity index (χ3v) is 2.82. The Balaban J connectivity index is 2.20. The first kappa shape index (κ1) is 13.6. The van der Waals surface area contributed by atoms with Gasteiger partial charge in [0, 0.05) is 17.8 Å². The van der Waals surface area contributed by atoms with Crippen LogP contribution in [0.4, 0.5) is 5.95 Å². The third kappa shape index (κ3) is 3.81. The van der Waals surface area contributed by atoms with Crippen molar-refractivity contribution in [1.29, 1.82) is 0 Å². The Kier molecular flexibility index (Phi) is 4.19. The number of nitrogens with zero attached hydrogens (tertiary/aromatic N) is 3. The lowest BCUT2D eigenvalue weighted by atomic mass is 10.4. The molecule has 0 aliphatic heterocycles. The normalized spacial score (nSPS) is 14.2. The molecule has 0 atom stereocenters. The summed E-state index contributed by atoms with van der Waals surface area (Å²) in [6, 6.07) is 2.02. The molecule has 1 fully saturated rings. The van der Waals surface area contributed by atoms with Gasteiger partial charge in [-0.15, -0.1) is 0 Å². The van der Waals surface area contributed by atoms with E-state index in [0.29, 0.717) is 18.4 Å². The molecule has 1 aliphatic carbocycles. The van der Waals surface area contributed by atoms with Crippen LogP contribution in [-0.2, 0) is 4.79 Å². The fourth-order valence-electron chi connectivity index (χ4n) is 1.83. The largest absolute Gasteiger partial charge is 0.480 e. The van der Waals surface area contributed by atoms with Crippen LogP contribution in [0.25, 0.3) is 0 Å². The number of hydrogen-bond donors (Lipinski definition) is 1. The minimum Gasteiger partial charge on any atom is -0.480 e. The average Bonchev–Trinajstić information content (AvgIpc) is 3.16. The van der Waals surface area contributed by atoms with E-state index in [1.165, 1.54) is 0 Å². The van der Waals surface area contributed by atoms with Gasteiger partial charge in [-0.25, -0.2) is 4.98 Å². The van der Waals surface area contributed by atoms with Crippen molar-refractivity contribution in [2.75, 3.05) is 18.1 Å². The van der Waals surface area contributed by atoms with Crippen LogP contribution in [0, 0.1) is 6.92 Å². The molecule has 1 N–H and O–H groups in total. The number of carbonyl (C=O) groups is 1. The third-order valence-electron chi connectivity index (χ3n) is 2.82. The number of hydrogen-bond acceptors (Lipinski definition) is 5. The molecule has 19 heavy (non-hydrogen) atoms. The molecule has 1 aromatic rings. The van der Waals surface area contributed by atoms with Crippen molar-refractivity contribution in [3.63, 3.8) is 0 Å². The molecular formula is C13H19N3O3. The summed E-state index contributed by atoms with van der Waals surface area (Å²) in [5.74, 6) is 0.101. The molecule has 1 heterocycles. The van der Waals surface area contributed by atoms with Gasteiger partial charge in [0.2, 0.25) is 11.8 Å². The summed E-state index contributed by atoms with van der Waals surface area (Å²) in [6.45, 7) is 4.41. The monoisotopic (exact) mass is 265 g/mol. The molecule has 0 spiro atoms. The first-order valence-corrected chi connectivity index (χ1v) is 6.57. The predicted molar refractivity (Wildman–Crippen MR) is 70.6 cm³/mol. The Morgan fingerprint density at radius 1 is 1.53 bits per heavy atom. The van der Waals surface area contributed by atoms with E-state index in [1.54, 1.807) is 11.0 Å². The number of rotatable bonds is 7. The fourth-order valence-corrected chi connectivity index (χ4v) is 1.83. The molecule has 0 aromatic carbocycles. The zero-order valence-electron chi connectivity index (χ0n) is 11.3. The molecule has 104 valence electrons. The topological polar surface area (TPSA) is 75.5 Å². The van der Waals surface area contributed by atoms with Gasteiger partial charge in [0.05, 0.1) is 6.61 Å². The first-order chi connectivity index (χ1) is 9.10. The molecule has 0 radical (unpaired) electrons. The van der Waals surface area contributed by atoms with Crippen molar-refractivity contribution >= 4 is 11.9 Å². The number of aliphatic carboxylic acids is 1. The summed E-state index contributed by atoms with van der Waals surface area (Å²) < 4.78 is 5.51. The molecule has 0 bridgehead atoms. The Labute approximate surface area is 112 Å². The van der Waals surface area contributed by atoms with E-state index in [0.717, 1.165) is 25.0 Å². The fraction of sp³-hybridized carbons (Fsp3) is 0.615. The first-order valence-electron chi connectivity index (χ1n) is 6.57. The minimum absolute atomic E-state index is 0.0681. The van der Waals surface area contributed by atoms with Crippen molar-refractivity contribution < 1.29 is 14.6 Å². The summed E-state index contributed by atoms with van der Waals surface area (Å²) in [7, 11) is 0. The molecule has 0 unspecified atom stereocenters. The number of anilines is 1. The molecular weight excluding hydrogens is 246 g/mol. The van der Waals surface area contributed by atoms with Gasteiger partial charge in [-0.3, -0.25) is 4.79 Å². The Bertz CT molecular complexity index is 460. The van der Waals surface area contributed by atoms with Crippen molar-refractivity contribution in [2.24, 2.45) is 0 Å². The average molecular weight is 265 g/mol. The van der Waals surface area contributed by atoms with Crippen LogP contribution >= 0.6 is 0 Å². The number of aromatic nitrogens is 2. The lowest BCUT2D eigenvalue weighted by Gasteiger charge is -2.20. The number of carboxylic acid groups (broad SMARTS) is 1. The van der Waals surface area contributed by atoms with Gasteiger partial charge in [-0.2, -0.15) is 4.98 Å². The predicted octanol–water partition coefficient (Wildman–Crippen LogP) is 1.63. The van der Waals surface area contributed by atoms with Crippen LogP contribution in [0.3, 0.4) is 0 Å². The van der Waals surface area contributed by atoms with E-state index < -0.39 is 5.97 Å². The van der Waals surface area contributed by atoms with Gasteiger partial charge in [-0.05, 0) is 26.2 Å². The summed E-state index contributed by atoms with van der Waals surface area (Å²) >= 11 is 0. The maximum absolute atomic E-state index is 10.9. The van der Waals surface area contributed by atoms with E-state index in [9.17, 15) is 4.79 Å². The van der Waals surface area contributed by atoms with Crippen molar-refractivity contribution in [3.05, 3.63) is 11.8 Å². The Morgan fingerprint density at radius 3 is 2.84 bits per heavy atom. The highest BCUT2D eigenvalue weighted by atomic mass is 16.5.